The summed E-state index contributed by atoms with van der Waals surface area (Å²) in [6, 6.07) is -0.104. The molecule has 0 aliphatic heterocycles. The van der Waals surface area contributed by atoms with Gasteiger partial charge in [0.15, 0.2) is 0 Å². The Labute approximate surface area is 128 Å². The van der Waals surface area contributed by atoms with E-state index in [0.29, 0.717) is 12.5 Å². The van der Waals surface area contributed by atoms with Crippen molar-refractivity contribution in [2.75, 3.05) is 26.2 Å². The molecule has 0 aliphatic rings. The highest BCUT2D eigenvalue weighted by molar-refractivity contribution is 4.83. The standard InChI is InChI=1S/C16H33F3N2/c1-7-8-15(6,10-20-9-13(2)3)11-21(14(4)5)12-16(17,18)19/h13-14,20H,7-12H2,1-6H3. The van der Waals surface area contributed by atoms with Crippen LogP contribution in [0.25, 0.3) is 0 Å². The monoisotopic (exact) mass is 310 g/mol. The molecule has 21 heavy (non-hydrogen) atoms. The molecule has 1 atom stereocenters. The van der Waals surface area contributed by atoms with Crippen LogP contribution in [0.4, 0.5) is 13.2 Å². The minimum Gasteiger partial charge on any atom is -0.316 e. The fourth-order valence-electron chi connectivity index (χ4n) is 2.63. The minimum absolute atomic E-state index is 0.104. The average Bonchev–Trinajstić information content (AvgIpc) is 2.25. The fourth-order valence-corrected chi connectivity index (χ4v) is 2.63. The number of halogens is 3. The van der Waals surface area contributed by atoms with E-state index in [2.05, 4.69) is 33.0 Å². The molecule has 0 rings (SSSR count). The molecular weight excluding hydrogens is 277 g/mol. The lowest BCUT2D eigenvalue weighted by molar-refractivity contribution is -0.153. The molecule has 0 spiro atoms. The summed E-state index contributed by atoms with van der Waals surface area (Å²) in [5.41, 5.74) is -0.126. The highest BCUT2D eigenvalue weighted by Crippen LogP contribution is 2.27. The van der Waals surface area contributed by atoms with Crippen molar-refractivity contribution in [3.8, 4) is 0 Å². The first-order chi connectivity index (χ1) is 9.49. The van der Waals surface area contributed by atoms with Gasteiger partial charge in [-0.25, -0.2) is 0 Å². The lowest BCUT2D eigenvalue weighted by atomic mass is 9.84. The number of alkyl halides is 3. The van der Waals surface area contributed by atoms with Gasteiger partial charge in [0.2, 0.25) is 0 Å². The van der Waals surface area contributed by atoms with Crippen molar-refractivity contribution in [3.63, 3.8) is 0 Å². The maximum Gasteiger partial charge on any atom is 0.401 e. The van der Waals surface area contributed by atoms with Crippen molar-refractivity contribution in [1.82, 2.24) is 10.2 Å². The predicted molar refractivity (Wildman–Crippen MR) is 83.5 cm³/mol. The van der Waals surface area contributed by atoms with Crippen LogP contribution in [0.2, 0.25) is 0 Å². The minimum atomic E-state index is -4.14. The first-order valence-corrected chi connectivity index (χ1v) is 8.00. The molecule has 1 unspecified atom stereocenters. The first-order valence-electron chi connectivity index (χ1n) is 8.00. The van der Waals surface area contributed by atoms with Gasteiger partial charge in [-0.2, -0.15) is 13.2 Å². The predicted octanol–water partition coefficient (Wildman–Crippen LogP) is 4.31. The summed E-state index contributed by atoms with van der Waals surface area (Å²) in [4.78, 5) is 1.55. The summed E-state index contributed by atoms with van der Waals surface area (Å²) < 4.78 is 38.2. The zero-order chi connectivity index (χ0) is 16.7. The second-order valence-corrected chi connectivity index (χ2v) is 7.20. The Kier molecular flexibility index (Phi) is 8.86. The average molecular weight is 310 g/mol. The molecule has 5 heteroatoms. The fraction of sp³-hybridized carbons (Fsp3) is 1.00. The van der Waals surface area contributed by atoms with E-state index in [1.165, 1.54) is 0 Å². The summed E-state index contributed by atoms with van der Waals surface area (Å²) in [6.07, 6.45) is -2.22. The number of hydrogen-bond donors (Lipinski definition) is 1. The van der Waals surface area contributed by atoms with Crippen LogP contribution in [0.5, 0.6) is 0 Å². The Morgan fingerprint density at radius 2 is 1.62 bits per heavy atom. The Hall–Kier alpha value is -0.290. The van der Waals surface area contributed by atoms with Crippen molar-refractivity contribution in [2.45, 2.75) is 66.6 Å². The third kappa shape index (κ3) is 10.1. The van der Waals surface area contributed by atoms with Gasteiger partial charge in [0.1, 0.15) is 0 Å². The van der Waals surface area contributed by atoms with Crippen molar-refractivity contribution in [1.29, 1.82) is 0 Å². The van der Waals surface area contributed by atoms with Gasteiger partial charge >= 0.3 is 6.18 Å². The van der Waals surface area contributed by atoms with E-state index in [0.717, 1.165) is 25.9 Å². The van der Waals surface area contributed by atoms with Crippen LogP contribution in [0.15, 0.2) is 0 Å². The molecule has 0 heterocycles. The van der Waals surface area contributed by atoms with Crippen LogP contribution in [0, 0.1) is 11.3 Å². The molecule has 0 bridgehead atoms. The summed E-state index contributed by atoms with van der Waals surface area (Å²) in [5, 5.41) is 3.41. The van der Waals surface area contributed by atoms with Gasteiger partial charge < -0.3 is 5.32 Å². The van der Waals surface area contributed by atoms with Gasteiger partial charge in [-0.3, -0.25) is 4.90 Å². The summed E-state index contributed by atoms with van der Waals surface area (Å²) >= 11 is 0. The second-order valence-electron chi connectivity index (χ2n) is 7.20. The zero-order valence-electron chi connectivity index (χ0n) is 14.5. The van der Waals surface area contributed by atoms with Gasteiger partial charge in [0.05, 0.1) is 6.54 Å². The van der Waals surface area contributed by atoms with Crippen LogP contribution >= 0.6 is 0 Å². The van der Waals surface area contributed by atoms with Crippen LogP contribution < -0.4 is 5.32 Å². The van der Waals surface area contributed by atoms with Crippen molar-refractivity contribution >= 4 is 0 Å². The maximum atomic E-state index is 12.7. The van der Waals surface area contributed by atoms with Crippen LogP contribution in [-0.4, -0.2) is 43.3 Å². The molecule has 0 fully saturated rings. The second kappa shape index (κ2) is 8.99. The van der Waals surface area contributed by atoms with E-state index >= 15 is 0 Å². The molecule has 0 aromatic heterocycles. The van der Waals surface area contributed by atoms with Crippen LogP contribution in [0.3, 0.4) is 0 Å². The van der Waals surface area contributed by atoms with Crippen LogP contribution in [-0.2, 0) is 0 Å². The smallest absolute Gasteiger partial charge is 0.316 e. The van der Waals surface area contributed by atoms with Crippen molar-refractivity contribution < 1.29 is 13.2 Å². The van der Waals surface area contributed by atoms with Crippen molar-refractivity contribution in [3.05, 3.63) is 0 Å². The lowest BCUT2D eigenvalue weighted by Crippen LogP contribution is -2.48. The molecule has 1 N–H and O–H groups in total. The SMILES string of the molecule is CCCC(C)(CNCC(C)C)CN(CC(F)(F)F)C(C)C. The maximum absolute atomic E-state index is 12.7. The molecule has 0 aliphatic carbocycles. The lowest BCUT2D eigenvalue weighted by Gasteiger charge is -2.38. The third-order valence-electron chi connectivity index (χ3n) is 3.66. The van der Waals surface area contributed by atoms with E-state index < -0.39 is 12.7 Å². The van der Waals surface area contributed by atoms with E-state index in [9.17, 15) is 13.2 Å². The number of nitrogens with zero attached hydrogens (tertiary/aromatic N) is 1. The highest BCUT2D eigenvalue weighted by Gasteiger charge is 2.35. The van der Waals surface area contributed by atoms with E-state index in [1.807, 2.05) is 13.8 Å². The largest absolute Gasteiger partial charge is 0.401 e. The molecule has 0 saturated heterocycles. The topological polar surface area (TPSA) is 15.3 Å². The van der Waals surface area contributed by atoms with Gasteiger partial charge in [-0.15, -0.1) is 0 Å². The quantitative estimate of drug-likeness (QED) is 0.647. The molecule has 0 saturated carbocycles. The van der Waals surface area contributed by atoms with Crippen molar-refractivity contribution in [2.24, 2.45) is 11.3 Å². The summed E-state index contributed by atoms with van der Waals surface area (Å²) in [5.74, 6) is 0.548. The van der Waals surface area contributed by atoms with Gasteiger partial charge in [0.25, 0.3) is 0 Å². The third-order valence-corrected chi connectivity index (χ3v) is 3.66. The van der Waals surface area contributed by atoms with Gasteiger partial charge in [-0.05, 0) is 38.1 Å². The summed E-state index contributed by atoms with van der Waals surface area (Å²) in [6.45, 7) is 13.4. The molecule has 2 nitrogen and oxygen atoms in total. The number of nitrogens with one attached hydrogen (secondary N) is 1. The number of hydrogen-bond acceptors (Lipinski definition) is 2. The number of rotatable bonds is 10. The molecule has 0 amide bonds. The zero-order valence-corrected chi connectivity index (χ0v) is 14.5. The normalized spacial score (nSPS) is 16.0. The summed E-state index contributed by atoms with van der Waals surface area (Å²) in [7, 11) is 0. The van der Waals surface area contributed by atoms with Gasteiger partial charge in [0, 0.05) is 19.1 Å². The molecule has 128 valence electrons. The van der Waals surface area contributed by atoms with E-state index in [4.69, 9.17) is 0 Å². The molecule has 0 aromatic rings. The molecule has 0 radical (unpaired) electrons. The Bertz CT molecular complexity index is 277. The molecule has 0 aromatic carbocycles. The van der Waals surface area contributed by atoms with Crippen LogP contribution in [0.1, 0.15) is 54.4 Å². The highest BCUT2D eigenvalue weighted by atomic mass is 19.4. The Balaban J connectivity index is 4.74. The van der Waals surface area contributed by atoms with E-state index in [1.54, 1.807) is 4.90 Å². The van der Waals surface area contributed by atoms with E-state index in [-0.39, 0.29) is 11.5 Å². The Morgan fingerprint density at radius 3 is 2.00 bits per heavy atom. The Morgan fingerprint density at radius 1 is 1.05 bits per heavy atom. The van der Waals surface area contributed by atoms with Gasteiger partial charge in [-0.1, -0.05) is 34.1 Å². The molecular formula is C16H33F3N2. The first kappa shape index (κ1) is 20.7.